The zero-order valence-electron chi connectivity index (χ0n) is 68.0. The third kappa shape index (κ3) is 78.0. The number of rotatable bonds is 81. The van der Waals surface area contributed by atoms with E-state index in [1.807, 2.05) is 0 Å². The fourth-order valence-corrected chi connectivity index (χ4v) is 14.5. The van der Waals surface area contributed by atoms with Crippen molar-refractivity contribution in [3.8, 4) is 0 Å². The maximum atomic E-state index is 13.1. The summed E-state index contributed by atoms with van der Waals surface area (Å²) in [5.74, 6) is 0.988. The first-order valence-electron chi connectivity index (χ1n) is 43.2. The van der Waals surface area contributed by atoms with Crippen LogP contribution in [-0.4, -0.2) is 96.7 Å². The highest BCUT2D eigenvalue weighted by Gasteiger charge is 2.30. The van der Waals surface area contributed by atoms with Crippen LogP contribution in [0.3, 0.4) is 0 Å². The molecule has 0 aliphatic heterocycles. The number of carbonyl (C=O) groups is 4. The van der Waals surface area contributed by atoms with Gasteiger partial charge >= 0.3 is 39.5 Å². The molecule has 0 fully saturated rings. The topological polar surface area (TPSA) is 237 Å². The van der Waals surface area contributed by atoms with Gasteiger partial charge in [-0.05, 0) is 49.4 Å². The van der Waals surface area contributed by atoms with Crippen LogP contribution in [0.5, 0.6) is 0 Å². The average molecular weight is 1510 g/mol. The van der Waals surface area contributed by atoms with Gasteiger partial charge in [-0.15, -0.1) is 0 Å². The summed E-state index contributed by atoms with van der Waals surface area (Å²) in [6, 6.07) is 0. The monoisotopic (exact) mass is 1510 g/mol. The molecule has 19 heteroatoms. The van der Waals surface area contributed by atoms with Gasteiger partial charge in [0, 0.05) is 25.7 Å². The number of aliphatic hydroxyl groups excluding tert-OH is 1. The Kier molecular flexibility index (Phi) is 71.5. The molecule has 103 heavy (non-hydrogen) atoms. The molecule has 17 nitrogen and oxygen atoms in total. The number of hydrogen-bond donors (Lipinski definition) is 3. The Morgan fingerprint density at radius 3 is 0.602 bits per heavy atom. The predicted octanol–water partition coefficient (Wildman–Crippen LogP) is 25.2. The van der Waals surface area contributed by atoms with Crippen molar-refractivity contribution in [3.05, 3.63) is 0 Å². The minimum atomic E-state index is -4.96. The first-order chi connectivity index (χ1) is 49.6. The fraction of sp³-hybridized carbons (Fsp3) is 0.952. The molecule has 0 bridgehead atoms. The van der Waals surface area contributed by atoms with E-state index in [0.717, 1.165) is 114 Å². The molecule has 0 spiro atoms. The Morgan fingerprint density at radius 1 is 0.243 bits per heavy atom. The summed E-state index contributed by atoms with van der Waals surface area (Å²) in [4.78, 5) is 73.1. The molecule has 0 aliphatic carbocycles. The zero-order chi connectivity index (χ0) is 76.0. The molecule has 0 aromatic rings. The number of esters is 4. The van der Waals surface area contributed by atoms with E-state index in [1.54, 1.807) is 0 Å². The number of hydrogen-bond acceptors (Lipinski definition) is 15. The van der Waals surface area contributed by atoms with E-state index in [4.69, 9.17) is 37.0 Å². The standard InChI is InChI=1S/C84H164O17P2/c1-74(2)60-52-44-36-29-23-18-14-11-9-10-12-16-20-26-33-41-50-58-66-83(88)100-79(70-94-81(86)64-56-48-40-32-28-22-25-31-38-46-54-62-76(5)6)72-98-102(90,91)96-68-78(85)69-97-103(92,93)99-73-80(71-95-82(87)65-57-49-43-35-39-47-55-63-77(7)8)101-84(89)67-59-51-42-34-27-21-17-13-15-19-24-30-37-45-53-61-75(3)4/h74-80,85H,9-73H2,1-8H3,(H,90,91)(H,92,93)/t78?,79-,80-/m1/s1. The highest BCUT2D eigenvalue weighted by molar-refractivity contribution is 7.47. The first kappa shape index (κ1) is 101. The Balaban J connectivity index is 5.21. The SMILES string of the molecule is CC(C)CCCCCCCCCCCCCCCCCCCCC(=O)O[C@H](COC(=O)CCCCCCCCCCCCCC(C)C)COP(=O)(O)OCC(O)COP(=O)(O)OC[C@@H](COC(=O)CCCCCCCCCC(C)C)OC(=O)CCCCCCCCCCCCCCCCCC(C)C. The fourth-order valence-electron chi connectivity index (χ4n) is 13.0. The summed E-state index contributed by atoms with van der Waals surface area (Å²) in [7, 11) is -9.93. The van der Waals surface area contributed by atoms with Crippen LogP contribution in [-0.2, 0) is 65.4 Å². The lowest BCUT2D eigenvalue weighted by Crippen LogP contribution is -2.30. The van der Waals surface area contributed by atoms with Crippen molar-refractivity contribution in [2.75, 3.05) is 39.6 Å². The van der Waals surface area contributed by atoms with Gasteiger partial charge in [-0.1, -0.05) is 383 Å². The highest BCUT2D eigenvalue weighted by atomic mass is 31.2. The zero-order valence-corrected chi connectivity index (χ0v) is 69.7. The molecule has 612 valence electrons. The number of unbranched alkanes of at least 4 members (excludes halogenated alkanes) is 47. The largest absolute Gasteiger partial charge is 0.472 e. The van der Waals surface area contributed by atoms with E-state index in [9.17, 15) is 43.2 Å². The third-order valence-corrected chi connectivity index (χ3v) is 21.5. The van der Waals surface area contributed by atoms with Gasteiger partial charge in [0.2, 0.25) is 0 Å². The lowest BCUT2D eigenvalue weighted by atomic mass is 10.0. The maximum absolute atomic E-state index is 13.1. The second-order valence-corrected chi connectivity index (χ2v) is 35.0. The Bertz CT molecular complexity index is 2010. The van der Waals surface area contributed by atoms with Gasteiger partial charge in [0.15, 0.2) is 12.2 Å². The molecule has 0 saturated heterocycles. The lowest BCUT2D eigenvalue weighted by Gasteiger charge is -2.21. The number of ether oxygens (including phenoxy) is 4. The Morgan fingerprint density at radius 2 is 0.408 bits per heavy atom. The third-order valence-electron chi connectivity index (χ3n) is 19.6. The molecule has 0 heterocycles. The molecule has 0 amide bonds. The second-order valence-electron chi connectivity index (χ2n) is 32.1. The van der Waals surface area contributed by atoms with E-state index in [1.165, 1.54) is 231 Å². The van der Waals surface area contributed by atoms with Crippen molar-refractivity contribution in [3.63, 3.8) is 0 Å². The number of phosphoric acid groups is 2. The van der Waals surface area contributed by atoms with Crippen LogP contribution in [0.2, 0.25) is 0 Å². The quantitative estimate of drug-likeness (QED) is 0.0222. The van der Waals surface area contributed by atoms with Crippen molar-refractivity contribution in [2.45, 2.75) is 453 Å². The summed E-state index contributed by atoms with van der Waals surface area (Å²) >= 11 is 0. The maximum Gasteiger partial charge on any atom is 0.472 e. The molecule has 5 atom stereocenters. The van der Waals surface area contributed by atoms with Gasteiger partial charge in [0.25, 0.3) is 0 Å². The summed E-state index contributed by atoms with van der Waals surface area (Å²) in [5, 5.41) is 10.7. The molecule has 0 saturated carbocycles. The van der Waals surface area contributed by atoms with Gasteiger partial charge in [0.05, 0.1) is 26.4 Å². The van der Waals surface area contributed by atoms with Crippen molar-refractivity contribution in [2.24, 2.45) is 23.7 Å². The highest BCUT2D eigenvalue weighted by Crippen LogP contribution is 2.45. The van der Waals surface area contributed by atoms with Gasteiger partial charge in [-0.25, -0.2) is 9.13 Å². The summed E-state index contributed by atoms with van der Waals surface area (Å²) in [6.45, 7) is 14.3. The molecular formula is C84H164O17P2. The lowest BCUT2D eigenvalue weighted by molar-refractivity contribution is -0.161. The Hall–Kier alpha value is -1.94. The summed E-state index contributed by atoms with van der Waals surface area (Å²) in [5.41, 5.74) is 0. The van der Waals surface area contributed by atoms with Crippen molar-refractivity contribution in [1.82, 2.24) is 0 Å². The van der Waals surface area contributed by atoms with Gasteiger partial charge in [0.1, 0.15) is 19.3 Å². The van der Waals surface area contributed by atoms with Crippen molar-refractivity contribution >= 4 is 39.5 Å². The second kappa shape index (κ2) is 72.9. The van der Waals surface area contributed by atoms with E-state index >= 15 is 0 Å². The molecule has 0 aromatic heterocycles. The molecular weight excluding hydrogens is 1340 g/mol. The van der Waals surface area contributed by atoms with Crippen molar-refractivity contribution in [1.29, 1.82) is 0 Å². The van der Waals surface area contributed by atoms with Crippen LogP contribution in [0, 0.1) is 23.7 Å². The minimum absolute atomic E-state index is 0.107. The van der Waals surface area contributed by atoms with E-state index < -0.39 is 97.5 Å². The van der Waals surface area contributed by atoms with Crippen LogP contribution in [0.4, 0.5) is 0 Å². The number of phosphoric ester groups is 2. The summed E-state index contributed by atoms with van der Waals surface area (Å²) < 4.78 is 68.8. The van der Waals surface area contributed by atoms with Crippen molar-refractivity contribution < 1.29 is 80.2 Å². The first-order valence-corrected chi connectivity index (χ1v) is 46.2. The van der Waals surface area contributed by atoms with Gasteiger partial charge < -0.3 is 33.8 Å². The van der Waals surface area contributed by atoms with Crippen LogP contribution in [0.15, 0.2) is 0 Å². The van der Waals surface area contributed by atoms with E-state index in [2.05, 4.69) is 55.4 Å². The number of aliphatic hydroxyl groups is 1. The average Bonchev–Trinajstić information content (AvgIpc) is 0.960. The van der Waals surface area contributed by atoms with Crippen LogP contribution in [0.25, 0.3) is 0 Å². The Labute approximate surface area is 632 Å². The van der Waals surface area contributed by atoms with Gasteiger partial charge in [-0.3, -0.25) is 37.3 Å². The summed E-state index contributed by atoms with van der Waals surface area (Å²) in [6.07, 6.45) is 61.2. The smallest absolute Gasteiger partial charge is 0.462 e. The van der Waals surface area contributed by atoms with Gasteiger partial charge in [-0.2, -0.15) is 0 Å². The molecule has 0 aliphatic rings. The van der Waals surface area contributed by atoms with E-state index in [-0.39, 0.29) is 25.7 Å². The van der Waals surface area contributed by atoms with Crippen LogP contribution in [0.1, 0.15) is 434 Å². The van der Waals surface area contributed by atoms with Crippen LogP contribution >= 0.6 is 15.6 Å². The molecule has 0 radical (unpaired) electrons. The van der Waals surface area contributed by atoms with E-state index in [0.29, 0.717) is 31.6 Å². The number of carbonyl (C=O) groups excluding carboxylic acids is 4. The molecule has 3 unspecified atom stereocenters. The molecule has 3 N–H and O–H groups in total. The minimum Gasteiger partial charge on any atom is -0.462 e. The van der Waals surface area contributed by atoms with Crippen LogP contribution < -0.4 is 0 Å². The predicted molar refractivity (Wildman–Crippen MR) is 423 cm³/mol. The molecule has 0 rings (SSSR count). The normalized spacial score (nSPS) is 14.0. The molecule has 0 aromatic carbocycles.